The molecule has 0 spiro atoms. The van der Waals surface area contributed by atoms with E-state index in [0.717, 1.165) is 63.1 Å². The summed E-state index contributed by atoms with van der Waals surface area (Å²) in [6, 6.07) is 11.3. The second-order valence-electron chi connectivity index (χ2n) is 7.63. The summed E-state index contributed by atoms with van der Waals surface area (Å²) in [6.07, 6.45) is 2.06. The van der Waals surface area contributed by atoms with Crippen LogP contribution in [0, 0.1) is 11.6 Å². The summed E-state index contributed by atoms with van der Waals surface area (Å²) in [7, 11) is 0. The van der Waals surface area contributed by atoms with Crippen molar-refractivity contribution in [3.63, 3.8) is 0 Å². The molecular weight excluding hydrogens is 374 g/mol. The highest BCUT2D eigenvalue weighted by Crippen LogP contribution is 2.41. The first kappa shape index (κ1) is 16.8. The Kier molecular flexibility index (Phi) is 3.59. The molecule has 5 aromatic rings. The van der Waals surface area contributed by atoms with E-state index in [-0.39, 0.29) is 17.7 Å². The number of nitrogens with one attached hydrogen (secondary N) is 2. The van der Waals surface area contributed by atoms with Crippen molar-refractivity contribution in [1.29, 1.82) is 0 Å². The van der Waals surface area contributed by atoms with Crippen LogP contribution in [0.25, 0.3) is 43.6 Å². The average Bonchev–Trinajstić information content (AvgIpc) is 3.43. The highest BCUT2D eigenvalue weighted by atomic mass is 19.1. The summed E-state index contributed by atoms with van der Waals surface area (Å²) < 4.78 is 39.8. The number of ether oxygens (including phenoxy) is 2. The minimum atomic E-state index is -0.301. The first-order valence-electron chi connectivity index (χ1n) is 9.77. The van der Waals surface area contributed by atoms with Gasteiger partial charge in [-0.2, -0.15) is 0 Å². The van der Waals surface area contributed by atoms with Crippen molar-refractivity contribution >= 4 is 43.6 Å². The molecule has 1 fully saturated rings. The van der Waals surface area contributed by atoms with Crippen LogP contribution in [-0.2, 0) is 4.74 Å². The van der Waals surface area contributed by atoms with E-state index in [2.05, 4.69) is 9.97 Å². The van der Waals surface area contributed by atoms with E-state index >= 15 is 0 Å². The normalized spacial score (nSPS) is 17.2. The fourth-order valence-corrected chi connectivity index (χ4v) is 4.39. The highest BCUT2D eigenvalue weighted by molar-refractivity contribution is 6.20. The molecule has 2 N–H and O–H groups in total. The fraction of sp³-hybridized carbons (Fsp3) is 0.217. The predicted octanol–water partition coefficient (Wildman–Crippen LogP) is 5.79. The summed E-state index contributed by atoms with van der Waals surface area (Å²) in [5, 5.41) is 3.24. The third-order valence-corrected chi connectivity index (χ3v) is 5.78. The van der Waals surface area contributed by atoms with Gasteiger partial charge in [-0.15, -0.1) is 0 Å². The second kappa shape index (κ2) is 6.19. The number of hydrogen-bond acceptors (Lipinski definition) is 2. The molecule has 3 aromatic carbocycles. The van der Waals surface area contributed by atoms with Gasteiger partial charge in [0.1, 0.15) is 18.2 Å². The van der Waals surface area contributed by atoms with Crippen molar-refractivity contribution in [2.24, 2.45) is 0 Å². The molecule has 0 aliphatic carbocycles. The fourth-order valence-electron chi connectivity index (χ4n) is 4.39. The van der Waals surface area contributed by atoms with Crippen LogP contribution in [0.4, 0.5) is 8.78 Å². The number of benzene rings is 3. The molecule has 0 saturated carbocycles. The largest absolute Gasteiger partial charge is 0.486 e. The quantitative estimate of drug-likeness (QED) is 0.408. The first-order valence-corrected chi connectivity index (χ1v) is 9.77. The predicted molar refractivity (Wildman–Crippen MR) is 110 cm³/mol. The van der Waals surface area contributed by atoms with Crippen LogP contribution in [0.3, 0.4) is 0 Å². The molecule has 0 amide bonds. The van der Waals surface area contributed by atoms with Gasteiger partial charge in [0.25, 0.3) is 0 Å². The molecule has 1 saturated heterocycles. The van der Waals surface area contributed by atoms with Crippen LogP contribution in [0.2, 0.25) is 0 Å². The zero-order valence-corrected chi connectivity index (χ0v) is 15.5. The van der Waals surface area contributed by atoms with E-state index in [1.807, 2.05) is 6.07 Å². The number of rotatable bonds is 3. The molecule has 1 aliphatic rings. The van der Waals surface area contributed by atoms with Gasteiger partial charge in [0.05, 0.1) is 17.1 Å². The van der Waals surface area contributed by atoms with Crippen LogP contribution in [0.5, 0.6) is 5.75 Å². The Morgan fingerprint density at radius 2 is 1.48 bits per heavy atom. The molecule has 2 aromatic heterocycles. The van der Waals surface area contributed by atoms with Crippen molar-refractivity contribution in [3.05, 3.63) is 54.1 Å². The lowest BCUT2D eigenvalue weighted by Crippen LogP contribution is -2.16. The van der Waals surface area contributed by atoms with Crippen molar-refractivity contribution < 1.29 is 18.3 Å². The van der Waals surface area contributed by atoms with Gasteiger partial charge in [-0.1, -0.05) is 0 Å². The number of aromatic nitrogens is 2. The standard InChI is InChI=1S/C23H18F2N2O2/c24-12-3-5-19-15(8-12)17-10-18-16-9-13(25)4-6-20(16)27-22(18)23(21(17)26-19)29-11-14-2-1-7-28-14/h3-6,8-10,14,26-27H,1-2,7,11H2. The minimum Gasteiger partial charge on any atom is -0.486 e. The van der Waals surface area contributed by atoms with Crippen LogP contribution < -0.4 is 4.74 Å². The molecule has 1 aliphatic heterocycles. The monoisotopic (exact) mass is 392 g/mol. The summed E-state index contributed by atoms with van der Waals surface area (Å²) in [4.78, 5) is 6.74. The second-order valence-corrected chi connectivity index (χ2v) is 7.63. The Bertz CT molecular complexity index is 1300. The molecule has 4 nitrogen and oxygen atoms in total. The number of H-pyrrole nitrogens is 2. The van der Waals surface area contributed by atoms with Crippen LogP contribution in [0.15, 0.2) is 42.5 Å². The number of fused-ring (bicyclic) bond motifs is 6. The Labute approximate surface area is 164 Å². The lowest BCUT2D eigenvalue weighted by Gasteiger charge is -2.13. The molecule has 3 heterocycles. The maximum atomic E-state index is 13.9. The third-order valence-electron chi connectivity index (χ3n) is 5.78. The van der Waals surface area contributed by atoms with Gasteiger partial charge in [-0.25, -0.2) is 8.78 Å². The Morgan fingerprint density at radius 1 is 0.862 bits per heavy atom. The van der Waals surface area contributed by atoms with Gasteiger partial charge >= 0.3 is 0 Å². The molecule has 6 heteroatoms. The summed E-state index contributed by atoms with van der Waals surface area (Å²) in [5.41, 5.74) is 3.24. The zero-order valence-electron chi connectivity index (χ0n) is 15.5. The molecule has 0 radical (unpaired) electrons. The SMILES string of the molecule is Fc1ccc2[nH]c3c(OCC4CCCO4)c4[nH]c5ccc(F)cc5c4cc3c2c1. The van der Waals surface area contributed by atoms with Crippen molar-refractivity contribution in [2.75, 3.05) is 13.2 Å². The first-order chi connectivity index (χ1) is 14.2. The third kappa shape index (κ3) is 2.59. The zero-order chi connectivity index (χ0) is 19.5. The van der Waals surface area contributed by atoms with E-state index in [4.69, 9.17) is 9.47 Å². The molecule has 1 atom stereocenters. The molecule has 29 heavy (non-hydrogen) atoms. The Balaban J connectivity index is 1.66. The topological polar surface area (TPSA) is 50.0 Å². The maximum Gasteiger partial charge on any atom is 0.167 e. The van der Waals surface area contributed by atoms with Gasteiger partial charge in [-0.3, -0.25) is 0 Å². The van der Waals surface area contributed by atoms with Gasteiger partial charge < -0.3 is 19.4 Å². The number of aromatic amines is 2. The number of halogens is 2. The highest BCUT2D eigenvalue weighted by Gasteiger charge is 2.21. The van der Waals surface area contributed by atoms with E-state index in [1.165, 1.54) is 24.3 Å². The van der Waals surface area contributed by atoms with Crippen molar-refractivity contribution in [1.82, 2.24) is 9.97 Å². The minimum absolute atomic E-state index is 0.0592. The van der Waals surface area contributed by atoms with E-state index < -0.39 is 0 Å². The lowest BCUT2D eigenvalue weighted by atomic mass is 10.1. The smallest absolute Gasteiger partial charge is 0.167 e. The molecule has 1 unspecified atom stereocenters. The van der Waals surface area contributed by atoms with Crippen molar-refractivity contribution in [3.8, 4) is 5.75 Å². The van der Waals surface area contributed by atoms with Gasteiger partial charge in [-0.05, 0) is 55.3 Å². The Morgan fingerprint density at radius 3 is 2.03 bits per heavy atom. The maximum absolute atomic E-state index is 13.9. The van der Waals surface area contributed by atoms with Crippen LogP contribution >= 0.6 is 0 Å². The lowest BCUT2D eigenvalue weighted by molar-refractivity contribution is 0.0689. The van der Waals surface area contributed by atoms with E-state index in [9.17, 15) is 8.78 Å². The summed E-state index contributed by atoms with van der Waals surface area (Å²) >= 11 is 0. The molecular formula is C23H18F2N2O2. The van der Waals surface area contributed by atoms with E-state index in [1.54, 1.807) is 12.1 Å². The van der Waals surface area contributed by atoms with Gasteiger partial charge in [0.15, 0.2) is 5.75 Å². The van der Waals surface area contributed by atoms with Crippen molar-refractivity contribution in [2.45, 2.75) is 18.9 Å². The number of hydrogen-bond donors (Lipinski definition) is 2. The van der Waals surface area contributed by atoms with Crippen LogP contribution in [0.1, 0.15) is 12.8 Å². The van der Waals surface area contributed by atoms with Gasteiger partial charge in [0.2, 0.25) is 0 Å². The average molecular weight is 392 g/mol. The Hall–Kier alpha value is -3.12. The van der Waals surface area contributed by atoms with Gasteiger partial charge in [0, 0.05) is 39.2 Å². The molecule has 0 bridgehead atoms. The summed E-state index contributed by atoms with van der Waals surface area (Å²) in [5.74, 6) is 0.0526. The molecule has 146 valence electrons. The molecule has 6 rings (SSSR count). The van der Waals surface area contributed by atoms with E-state index in [0.29, 0.717) is 12.4 Å². The van der Waals surface area contributed by atoms with Crippen LogP contribution in [-0.4, -0.2) is 29.3 Å². The summed E-state index contributed by atoms with van der Waals surface area (Å²) in [6.45, 7) is 1.19.